The van der Waals surface area contributed by atoms with Crippen LogP contribution >= 0.6 is 23.7 Å². The van der Waals surface area contributed by atoms with Crippen molar-refractivity contribution in [1.29, 1.82) is 0 Å². The van der Waals surface area contributed by atoms with Gasteiger partial charge in [0.1, 0.15) is 0 Å². The van der Waals surface area contributed by atoms with E-state index in [9.17, 15) is 0 Å². The van der Waals surface area contributed by atoms with Gasteiger partial charge in [-0.05, 0) is 92.7 Å². The van der Waals surface area contributed by atoms with Gasteiger partial charge in [0.25, 0.3) is 0 Å². The maximum absolute atomic E-state index is 4.96. The Morgan fingerprint density at radius 1 is 1.08 bits per heavy atom. The molecule has 4 fully saturated rings. The molecule has 1 aromatic heterocycles. The molecule has 4 bridgehead atoms. The maximum atomic E-state index is 4.96. The van der Waals surface area contributed by atoms with E-state index in [0.717, 1.165) is 23.5 Å². The Hall–Kier alpha value is -1.06. The van der Waals surface area contributed by atoms with E-state index in [4.69, 9.17) is 4.99 Å². The molecule has 1 N–H and O–H groups in total. The van der Waals surface area contributed by atoms with Crippen LogP contribution in [0.15, 0.2) is 45.5 Å². The van der Waals surface area contributed by atoms with Gasteiger partial charge >= 0.3 is 0 Å². The first-order valence-electron chi connectivity index (χ1n) is 9.40. The molecule has 2 nitrogen and oxygen atoms in total. The molecular formula is C21H27ClN2S. The van der Waals surface area contributed by atoms with E-state index in [1.54, 1.807) is 11.3 Å². The van der Waals surface area contributed by atoms with Crippen LogP contribution in [0.25, 0.3) is 0 Å². The standard InChI is InChI=1S/C21H26N2S.ClH/c1-13-14(2)20(19-4-3-5-24-19)23-18(13)12-22-21-9-15-6-16(10-21)8-17(7-15)11-21;/h3-5,12,15-17,22H,6-11H2,1-2H3;1H/b18-12+;. The summed E-state index contributed by atoms with van der Waals surface area (Å²) in [6, 6.07) is 4.29. The lowest BCUT2D eigenvalue weighted by Gasteiger charge is -2.57. The first kappa shape index (κ1) is 17.4. The Labute approximate surface area is 160 Å². The monoisotopic (exact) mass is 374 g/mol. The quantitative estimate of drug-likeness (QED) is 0.720. The molecule has 4 aliphatic carbocycles. The second-order valence-electron chi connectivity index (χ2n) is 8.56. The van der Waals surface area contributed by atoms with Crippen LogP contribution in [0, 0.1) is 17.8 Å². The van der Waals surface area contributed by atoms with Crippen LogP contribution in [0.3, 0.4) is 0 Å². The fraction of sp³-hybridized carbons (Fsp3) is 0.571. The molecular weight excluding hydrogens is 348 g/mol. The van der Waals surface area contributed by atoms with Gasteiger partial charge in [-0.15, -0.1) is 23.7 Å². The summed E-state index contributed by atoms with van der Waals surface area (Å²) in [7, 11) is 0. The third-order valence-corrected chi connectivity index (χ3v) is 7.72. The Morgan fingerprint density at radius 3 is 2.28 bits per heavy atom. The van der Waals surface area contributed by atoms with Crippen molar-refractivity contribution >= 4 is 29.5 Å². The van der Waals surface area contributed by atoms with E-state index >= 15 is 0 Å². The lowest BCUT2D eigenvalue weighted by Crippen LogP contribution is -2.57. The Bertz CT molecular complexity index is 722. The normalized spacial score (nSPS) is 37.4. The number of nitrogens with zero attached hydrogens (tertiary/aromatic N) is 1. The van der Waals surface area contributed by atoms with Gasteiger partial charge in [-0.2, -0.15) is 0 Å². The first-order chi connectivity index (χ1) is 11.6. The maximum Gasteiger partial charge on any atom is 0.0842 e. The third-order valence-electron chi connectivity index (χ3n) is 6.84. The summed E-state index contributed by atoms with van der Waals surface area (Å²) in [4.78, 5) is 6.24. The highest BCUT2D eigenvalue weighted by molar-refractivity contribution is 7.12. The molecule has 5 aliphatic rings. The molecule has 0 aromatic carbocycles. The number of aliphatic imine (C=N–C) groups is 1. The number of allylic oxidation sites excluding steroid dienone is 2. The van der Waals surface area contributed by atoms with Crippen molar-refractivity contribution in [2.75, 3.05) is 0 Å². The molecule has 25 heavy (non-hydrogen) atoms. The predicted octanol–water partition coefficient (Wildman–Crippen LogP) is 5.71. The predicted molar refractivity (Wildman–Crippen MR) is 109 cm³/mol. The number of thiophene rings is 1. The fourth-order valence-electron chi connectivity index (χ4n) is 5.96. The zero-order chi connectivity index (χ0) is 16.3. The molecule has 0 radical (unpaired) electrons. The minimum Gasteiger partial charge on any atom is -0.384 e. The Morgan fingerprint density at radius 2 is 1.72 bits per heavy atom. The summed E-state index contributed by atoms with van der Waals surface area (Å²) in [5.41, 5.74) is 5.34. The van der Waals surface area contributed by atoms with Crippen molar-refractivity contribution in [2.24, 2.45) is 22.7 Å². The van der Waals surface area contributed by atoms with Crippen molar-refractivity contribution in [3.63, 3.8) is 0 Å². The number of hydrogen-bond donors (Lipinski definition) is 1. The van der Waals surface area contributed by atoms with Crippen LogP contribution in [-0.2, 0) is 0 Å². The van der Waals surface area contributed by atoms with Crippen molar-refractivity contribution in [3.05, 3.63) is 45.4 Å². The first-order valence-corrected chi connectivity index (χ1v) is 10.3. The van der Waals surface area contributed by atoms with Crippen LogP contribution in [0.2, 0.25) is 0 Å². The summed E-state index contributed by atoms with van der Waals surface area (Å²) >= 11 is 1.78. The van der Waals surface area contributed by atoms with Crippen LogP contribution in [0.1, 0.15) is 57.2 Å². The van der Waals surface area contributed by atoms with Gasteiger partial charge in [0.05, 0.1) is 16.3 Å². The van der Waals surface area contributed by atoms with Crippen LogP contribution in [0.5, 0.6) is 0 Å². The van der Waals surface area contributed by atoms with Crippen molar-refractivity contribution in [1.82, 2.24) is 5.32 Å². The van der Waals surface area contributed by atoms with E-state index in [1.807, 2.05) is 0 Å². The summed E-state index contributed by atoms with van der Waals surface area (Å²) in [5.74, 6) is 2.94. The Kier molecular flexibility index (Phi) is 4.36. The molecule has 0 atom stereocenters. The van der Waals surface area contributed by atoms with Crippen LogP contribution in [0.4, 0.5) is 0 Å². The lowest BCUT2D eigenvalue weighted by molar-refractivity contribution is -0.0130. The minimum absolute atomic E-state index is 0. The van der Waals surface area contributed by atoms with Crippen LogP contribution in [-0.4, -0.2) is 11.3 Å². The summed E-state index contributed by atoms with van der Waals surface area (Å²) in [6.45, 7) is 4.42. The molecule has 0 saturated heterocycles. The molecule has 1 aromatic rings. The van der Waals surface area contributed by atoms with E-state index in [1.165, 1.54) is 60.3 Å². The average Bonchev–Trinajstić information content (AvgIpc) is 3.15. The van der Waals surface area contributed by atoms with Gasteiger partial charge in [-0.25, -0.2) is 4.99 Å². The van der Waals surface area contributed by atoms with Gasteiger partial charge in [-0.3, -0.25) is 0 Å². The second-order valence-corrected chi connectivity index (χ2v) is 9.51. The van der Waals surface area contributed by atoms with Gasteiger partial charge in [0.15, 0.2) is 0 Å². The number of nitrogens with one attached hydrogen (secondary N) is 1. The second kappa shape index (κ2) is 6.28. The van der Waals surface area contributed by atoms with Gasteiger partial charge in [0.2, 0.25) is 0 Å². The molecule has 2 heterocycles. The zero-order valence-corrected chi connectivity index (χ0v) is 16.7. The molecule has 6 rings (SSSR count). The smallest absolute Gasteiger partial charge is 0.0842 e. The highest BCUT2D eigenvalue weighted by Gasteiger charge is 2.50. The molecule has 4 heteroatoms. The van der Waals surface area contributed by atoms with E-state index in [0.29, 0.717) is 5.54 Å². The zero-order valence-electron chi connectivity index (χ0n) is 15.0. The number of hydrogen-bond acceptors (Lipinski definition) is 3. The van der Waals surface area contributed by atoms with E-state index < -0.39 is 0 Å². The van der Waals surface area contributed by atoms with Gasteiger partial charge < -0.3 is 5.32 Å². The molecule has 134 valence electrons. The van der Waals surface area contributed by atoms with Gasteiger partial charge in [0, 0.05) is 11.7 Å². The van der Waals surface area contributed by atoms with E-state index in [-0.39, 0.29) is 12.4 Å². The topological polar surface area (TPSA) is 24.4 Å². The highest BCUT2D eigenvalue weighted by Crippen LogP contribution is 2.55. The SMILES string of the molecule is CC1=C(C)/C(=C\NC23CC4CC(CC(C4)C2)C3)N=C1c1cccs1.Cl. The van der Waals surface area contributed by atoms with Crippen molar-refractivity contribution < 1.29 is 0 Å². The minimum atomic E-state index is 0. The van der Waals surface area contributed by atoms with Crippen LogP contribution < -0.4 is 5.32 Å². The Balaban J connectivity index is 0.00000157. The molecule has 1 aliphatic heterocycles. The molecule has 0 unspecified atom stereocenters. The average molecular weight is 375 g/mol. The largest absolute Gasteiger partial charge is 0.384 e. The summed E-state index contributed by atoms with van der Waals surface area (Å²) < 4.78 is 0. The summed E-state index contributed by atoms with van der Waals surface area (Å²) in [5, 5.41) is 6.02. The number of halogens is 1. The fourth-order valence-corrected chi connectivity index (χ4v) is 6.73. The molecule has 0 amide bonds. The third kappa shape index (κ3) is 2.90. The van der Waals surface area contributed by atoms with Crippen molar-refractivity contribution in [3.8, 4) is 0 Å². The van der Waals surface area contributed by atoms with E-state index in [2.05, 4.69) is 42.9 Å². The van der Waals surface area contributed by atoms with Crippen molar-refractivity contribution in [2.45, 2.75) is 57.9 Å². The number of rotatable bonds is 3. The highest BCUT2D eigenvalue weighted by atomic mass is 35.5. The summed E-state index contributed by atoms with van der Waals surface area (Å²) in [6.07, 6.45) is 10.9. The lowest BCUT2D eigenvalue weighted by atomic mass is 9.53. The molecule has 4 saturated carbocycles. The molecule has 0 spiro atoms. The van der Waals surface area contributed by atoms with Gasteiger partial charge in [-0.1, -0.05) is 6.07 Å².